The summed E-state index contributed by atoms with van der Waals surface area (Å²) in [5, 5.41) is 19.2. The summed E-state index contributed by atoms with van der Waals surface area (Å²) in [7, 11) is -4.80. The van der Waals surface area contributed by atoms with Gasteiger partial charge in [0, 0.05) is 12.8 Å². The van der Waals surface area contributed by atoms with E-state index in [-0.39, 0.29) is 19.3 Å². The van der Waals surface area contributed by atoms with Crippen molar-refractivity contribution in [2.45, 2.75) is 141 Å². The van der Waals surface area contributed by atoms with Crippen molar-refractivity contribution in [2.24, 2.45) is 5.73 Å². The van der Waals surface area contributed by atoms with E-state index in [1.807, 2.05) is 12.2 Å². The third kappa shape index (κ3) is 42.6. The number of rotatable bonds is 39. The molecule has 0 aromatic heterocycles. The monoisotopic (exact) mass is 898 g/mol. The summed E-state index contributed by atoms with van der Waals surface area (Å²) in [4.78, 5) is 46.0. The first-order chi connectivity index (χ1) is 30.5. The number of aliphatic hydroxyl groups is 1. The molecule has 0 heterocycles. The fraction of sp³-hybridized carbons (Fsp3) is 0.500. The van der Waals surface area contributed by atoms with Gasteiger partial charge in [-0.05, 0) is 89.9 Å². The second kappa shape index (κ2) is 42.9. The van der Waals surface area contributed by atoms with Crippen molar-refractivity contribution in [1.82, 2.24) is 0 Å². The van der Waals surface area contributed by atoms with Gasteiger partial charge < -0.3 is 30.3 Å². The fourth-order valence-corrected chi connectivity index (χ4v) is 5.80. The lowest BCUT2D eigenvalue weighted by Gasteiger charge is -2.20. The molecule has 0 aromatic rings. The van der Waals surface area contributed by atoms with E-state index in [0.717, 1.165) is 83.5 Å². The highest BCUT2D eigenvalue weighted by molar-refractivity contribution is 7.47. The number of phosphoric ester groups is 1. The first-order valence-corrected chi connectivity index (χ1v) is 23.8. The molecule has 0 aliphatic heterocycles. The van der Waals surface area contributed by atoms with Gasteiger partial charge in [0.25, 0.3) is 0 Å². The molecule has 2 unspecified atom stereocenters. The Balaban J connectivity index is 4.67. The number of carboxylic acids is 1. The highest BCUT2D eigenvalue weighted by Gasteiger charge is 2.28. The summed E-state index contributed by atoms with van der Waals surface area (Å²) < 4.78 is 32.5. The number of carboxylic acid groups (broad SMARTS) is 1. The van der Waals surface area contributed by atoms with Crippen molar-refractivity contribution in [3.8, 4) is 0 Å². The molecule has 0 fully saturated rings. The van der Waals surface area contributed by atoms with Gasteiger partial charge in [0.2, 0.25) is 0 Å². The van der Waals surface area contributed by atoms with Gasteiger partial charge in [-0.3, -0.25) is 23.4 Å². The number of esters is 2. The van der Waals surface area contributed by atoms with E-state index in [1.54, 1.807) is 12.2 Å². The van der Waals surface area contributed by atoms with Gasteiger partial charge in [-0.25, -0.2) is 4.57 Å². The van der Waals surface area contributed by atoms with Crippen LogP contribution in [0.2, 0.25) is 0 Å². The number of nitrogens with two attached hydrogens (primary N) is 1. The third-order valence-corrected chi connectivity index (χ3v) is 9.46. The van der Waals surface area contributed by atoms with Crippen LogP contribution >= 0.6 is 7.82 Å². The summed E-state index contributed by atoms with van der Waals surface area (Å²) in [6.45, 7) is 2.27. The molecule has 0 aliphatic carbocycles. The molecule has 5 N–H and O–H groups in total. The first-order valence-electron chi connectivity index (χ1n) is 22.3. The minimum Gasteiger partial charge on any atom is -0.480 e. The number of carbonyl (C=O) groups is 3. The van der Waals surface area contributed by atoms with E-state index in [4.69, 9.17) is 24.8 Å². The van der Waals surface area contributed by atoms with Crippen molar-refractivity contribution >= 4 is 25.7 Å². The molecule has 4 atom stereocenters. The molecule has 13 heteroatoms. The van der Waals surface area contributed by atoms with Crippen LogP contribution in [0.25, 0.3) is 0 Å². The van der Waals surface area contributed by atoms with E-state index in [0.29, 0.717) is 6.42 Å². The van der Waals surface area contributed by atoms with Crippen LogP contribution < -0.4 is 5.73 Å². The first kappa shape index (κ1) is 58.6. The lowest BCUT2D eigenvalue weighted by atomic mass is 10.1. The topological polar surface area (TPSA) is 192 Å². The van der Waals surface area contributed by atoms with Crippen LogP contribution in [0.3, 0.4) is 0 Å². The van der Waals surface area contributed by atoms with Crippen molar-refractivity contribution in [1.29, 1.82) is 0 Å². The average molecular weight is 898 g/mol. The van der Waals surface area contributed by atoms with E-state index in [1.165, 1.54) is 0 Å². The highest BCUT2D eigenvalue weighted by atomic mass is 31.2. The number of allylic oxidation sites excluding steroid dienone is 21. The zero-order valence-electron chi connectivity index (χ0n) is 37.7. The Kier molecular flexibility index (Phi) is 39.9. The molecule has 63 heavy (non-hydrogen) atoms. The van der Waals surface area contributed by atoms with Crippen LogP contribution in [0.4, 0.5) is 0 Å². The Morgan fingerprint density at radius 1 is 0.571 bits per heavy atom. The molecule has 0 rings (SSSR count). The number of unbranched alkanes of at least 4 members (excludes halogenated alkanes) is 3. The zero-order chi connectivity index (χ0) is 46.5. The largest absolute Gasteiger partial charge is 0.480 e. The molecule has 0 saturated carbocycles. The third-order valence-electron chi connectivity index (χ3n) is 8.51. The second-order valence-electron chi connectivity index (χ2n) is 14.3. The Labute approximate surface area is 377 Å². The van der Waals surface area contributed by atoms with Gasteiger partial charge in [0.1, 0.15) is 12.6 Å². The van der Waals surface area contributed by atoms with Crippen LogP contribution in [-0.2, 0) is 37.5 Å². The SMILES string of the molecule is CC/C=C\C/C=C\C/C=C\C/C=C\C/C=C\C=C/C(O)CCC(=O)OC[C@H](COP(=O)(O)OC[C@H](N)C(=O)O)OC(=O)CCCCC/C=C\C/C=C\C/C=C\C/C=C\C/C=C\CC. The normalized spacial score (nSPS) is 15.4. The molecule has 0 bridgehead atoms. The number of phosphoric acid groups is 1. The van der Waals surface area contributed by atoms with Gasteiger partial charge in [0.15, 0.2) is 6.10 Å². The average Bonchev–Trinajstić information content (AvgIpc) is 3.26. The van der Waals surface area contributed by atoms with Crippen molar-refractivity contribution in [3.63, 3.8) is 0 Å². The number of aliphatic carboxylic acids is 1. The van der Waals surface area contributed by atoms with Gasteiger partial charge in [-0.1, -0.05) is 154 Å². The number of hydrogen-bond acceptors (Lipinski definition) is 10. The van der Waals surface area contributed by atoms with Gasteiger partial charge in [-0.15, -0.1) is 0 Å². The van der Waals surface area contributed by atoms with E-state index >= 15 is 0 Å². The summed E-state index contributed by atoms with van der Waals surface area (Å²) >= 11 is 0. The van der Waals surface area contributed by atoms with Gasteiger partial charge in [-0.2, -0.15) is 0 Å². The van der Waals surface area contributed by atoms with Crippen molar-refractivity contribution in [3.05, 3.63) is 134 Å². The Bertz CT molecular complexity index is 1590. The molecule has 12 nitrogen and oxygen atoms in total. The number of hydrogen-bond donors (Lipinski definition) is 4. The summed E-state index contributed by atoms with van der Waals surface area (Å²) in [6, 6.07) is -1.57. The Morgan fingerprint density at radius 2 is 1.03 bits per heavy atom. The van der Waals surface area contributed by atoms with E-state index < -0.39 is 63.8 Å². The summed E-state index contributed by atoms with van der Waals surface area (Å²) in [5.74, 6) is -2.75. The molecular formula is C50H76NO11P. The molecule has 0 amide bonds. The predicted molar refractivity (Wildman–Crippen MR) is 255 cm³/mol. The molecule has 0 aliphatic rings. The van der Waals surface area contributed by atoms with Gasteiger partial charge in [0.05, 0.1) is 19.3 Å². The number of aliphatic hydroxyl groups excluding tert-OH is 1. The van der Waals surface area contributed by atoms with Crippen LogP contribution in [0.5, 0.6) is 0 Å². The lowest BCUT2D eigenvalue weighted by molar-refractivity contribution is -0.161. The van der Waals surface area contributed by atoms with E-state index in [2.05, 4.69) is 128 Å². The molecular weight excluding hydrogens is 822 g/mol. The van der Waals surface area contributed by atoms with E-state index in [9.17, 15) is 28.9 Å². The zero-order valence-corrected chi connectivity index (χ0v) is 38.6. The molecule has 0 aromatic carbocycles. The smallest absolute Gasteiger partial charge is 0.472 e. The van der Waals surface area contributed by atoms with Crippen LogP contribution in [0.1, 0.15) is 123 Å². The lowest BCUT2D eigenvalue weighted by Crippen LogP contribution is -2.34. The standard InChI is InChI=1S/C50H76NO11P/c1-3-5-7-9-11-13-15-17-19-21-22-23-25-27-29-31-33-35-37-39-49(54)62-46(43-60-63(57,58)61-44-47(51)50(55)56)42-59-48(53)41-40-45(52)38-36-34-32-30-28-26-24-20-18-16-14-12-10-8-6-4-2/h5-8,11-14,17-20,22-23,26-29,32,34,36,38,45-47,52H,3-4,9-10,15-16,21,24-25,30-31,33,35,37,39-44,51H2,1-2H3,(H,55,56)(H,57,58)/b7-5-,8-6-,13-11-,14-12-,19-17-,20-18-,23-22-,28-26-,29-27-,34-32-,38-36-/t45?,46-,47+/m1/s1. The van der Waals surface area contributed by atoms with Crippen LogP contribution in [-0.4, -0.2) is 71.1 Å². The van der Waals surface area contributed by atoms with Crippen LogP contribution in [0, 0.1) is 0 Å². The Morgan fingerprint density at radius 3 is 1.52 bits per heavy atom. The molecule has 0 spiro atoms. The predicted octanol–water partition coefficient (Wildman–Crippen LogP) is 11.1. The highest BCUT2D eigenvalue weighted by Crippen LogP contribution is 2.43. The summed E-state index contributed by atoms with van der Waals surface area (Å²) in [6.07, 6.45) is 55.6. The molecule has 352 valence electrons. The molecule has 0 saturated heterocycles. The van der Waals surface area contributed by atoms with Crippen molar-refractivity contribution < 1.29 is 52.6 Å². The second-order valence-corrected chi connectivity index (χ2v) is 15.7. The van der Waals surface area contributed by atoms with Gasteiger partial charge >= 0.3 is 25.7 Å². The maximum atomic E-state index is 12.6. The summed E-state index contributed by atoms with van der Waals surface area (Å²) in [5.41, 5.74) is 5.32. The fourth-order valence-electron chi connectivity index (χ4n) is 5.02. The maximum Gasteiger partial charge on any atom is 0.472 e. The minimum absolute atomic E-state index is 0.0628. The minimum atomic E-state index is -4.80. The number of ether oxygens (including phenoxy) is 2. The quantitative estimate of drug-likeness (QED) is 0.0150. The van der Waals surface area contributed by atoms with Crippen LogP contribution in [0.15, 0.2) is 134 Å². The molecule has 0 radical (unpaired) electrons. The maximum absolute atomic E-state index is 12.6. The Hall–Kier alpha value is -4.42. The number of carbonyl (C=O) groups excluding carboxylic acids is 2. The van der Waals surface area contributed by atoms with Crippen molar-refractivity contribution in [2.75, 3.05) is 19.8 Å².